The Morgan fingerprint density at radius 3 is 2.86 bits per heavy atom. The molecule has 0 saturated heterocycles. The SMILES string of the molecule is NNC(c1ccc(Cl)cc1F)C1COc2ccccc2C1. The molecule has 2 unspecified atom stereocenters. The molecule has 0 aliphatic carbocycles. The second kappa shape index (κ2) is 6.02. The topological polar surface area (TPSA) is 47.3 Å². The van der Waals surface area contributed by atoms with Crippen LogP contribution in [0.25, 0.3) is 0 Å². The highest BCUT2D eigenvalue weighted by Crippen LogP contribution is 2.34. The molecule has 0 bridgehead atoms. The summed E-state index contributed by atoms with van der Waals surface area (Å²) in [6.45, 7) is 0.494. The number of hydrogen-bond acceptors (Lipinski definition) is 3. The van der Waals surface area contributed by atoms with Gasteiger partial charge >= 0.3 is 0 Å². The van der Waals surface area contributed by atoms with Gasteiger partial charge in [0.25, 0.3) is 0 Å². The van der Waals surface area contributed by atoms with Crippen LogP contribution in [-0.2, 0) is 6.42 Å². The average Bonchev–Trinajstić information content (AvgIpc) is 2.50. The van der Waals surface area contributed by atoms with Gasteiger partial charge in [0.15, 0.2) is 0 Å². The van der Waals surface area contributed by atoms with Crippen LogP contribution in [0, 0.1) is 11.7 Å². The van der Waals surface area contributed by atoms with E-state index in [-0.39, 0.29) is 17.8 Å². The number of ether oxygens (including phenoxy) is 1. The largest absolute Gasteiger partial charge is 0.493 e. The van der Waals surface area contributed by atoms with E-state index in [1.54, 1.807) is 12.1 Å². The summed E-state index contributed by atoms with van der Waals surface area (Å²) in [5, 5.41) is 0.372. The Kier molecular flexibility index (Phi) is 4.10. The summed E-state index contributed by atoms with van der Waals surface area (Å²) < 4.78 is 19.9. The molecule has 3 nitrogen and oxygen atoms in total. The first kappa shape index (κ1) is 14.3. The molecule has 1 aliphatic heterocycles. The molecule has 2 aromatic carbocycles. The number of hydrogen-bond donors (Lipinski definition) is 2. The minimum absolute atomic E-state index is 0.0561. The van der Waals surface area contributed by atoms with Gasteiger partial charge in [0.05, 0.1) is 12.6 Å². The summed E-state index contributed by atoms with van der Waals surface area (Å²) in [6, 6.07) is 12.2. The van der Waals surface area contributed by atoms with Gasteiger partial charge in [-0.05, 0) is 30.2 Å². The molecule has 21 heavy (non-hydrogen) atoms. The number of nitrogens with two attached hydrogens (primary N) is 1. The van der Waals surface area contributed by atoms with E-state index in [0.29, 0.717) is 17.2 Å². The highest BCUT2D eigenvalue weighted by Gasteiger charge is 2.29. The van der Waals surface area contributed by atoms with Crippen molar-refractivity contribution in [2.45, 2.75) is 12.5 Å². The molecule has 2 atom stereocenters. The molecule has 0 aromatic heterocycles. The van der Waals surface area contributed by atoms with Crippen LogP contribution in [0.2, 0.25) is 5.02 Å². The minimum Gasteiger partial charge on any atom is -0.493 e. The number of hydrazine groups is 1. The average molecular weight is 307 g/mol. The zero-order valence-electron chi connectivity index (χ0n) is 11.4. The molecular weight excluding hydrogens is 291 g/mol. The van der Waals surface area contributed by atoms with Gasteiger partial charge in [0, 0.05) is 16.5 Å². The summed E-state index contributed by atoms with van der Waals surface area (Å²) in [6.07, 6.45) is 0.785. The second-order valence-corrected chi connectivity index (χ2v) is 5.63. The lowest BCUT2D eigenvalue weighted by Gasteiger charge is -2.31. The maximum absolute atomic E-state index is 14.1. The minimum atomic E-state index is -0.357. The lowest BCUT2D eigenvalue weighted by Crippen LogP contribution is -2.39. The summed E-state index contributed by atoms with van der Waals surface area (Å²) in [5.74, 6) is 6.25. The van der Waals surface area contributed by atoms with Crippen LogP contribution < -0.4 is 16.0 Å². The third-order valence-corrected chi connectivity index (χ3v) is 4.09. The van der Waals surface area contributed by atoms with Crippen molar-refractivity contribution in [3.05, 3.63) is 64.4 Å². The van der Waals surface area contributed by atoms with Gasteiger partial charge in [0.2, 0.25) is 0 Å². The van der Waals surface area contributed by atoms with Gasteiger partial charge in [-0.15, -0.1) is 0 Å². The molecule has 0 fully saturated rings. The molecule has 0 amide bonds. The molecule has 0 saturated carbocycles. The van der Waals surface area contributed by atoms with E-state index in [0.717, 1.165) is 17.7 Å². The van der Waals surface area contributed by atoms with Crippen LogP contribution in [0.1, 0.15) is 17.2 Å². The smallest absolute Gasteiger partial charge is 0.129 e. The van der Waals surface area contributed by atoms with Crippen molar-refractivity contribution in [1.82, 2.24) is 5.43 Å². The number of halogens is 2. The first-order valence-corrected chi connectivity index (χ1v) is 7.18. The molecule has 1 aliphatic rings. The van der Waals surface area contributed by atoms with Crippen LogP contribution in [0.15, 0.2) is 42.5 Å². The van der Waals surface area contributed by atoms with E-state index in [4.69, 9.17) is 22.2 Å². The quantitative estimate of drug-likeness (QED) is 0.676. The number of fused-ring (bicyclic) bond motifs is 1. The Balaban J connectivity index is 1.88. The molecule has 110 valence electrons. The van der Waals surface area contributed by atoms with Crippen LogP contribution in [0.5, 0.6) is 5.75 Å². The zero-order valence-corrected chi connectivity index (χ0v) is 12.1. The fourth-order valence-corrected chi connectivity index (χ4v) is 2.96. The van der Waals surface area contributed by atoms with E-state index >= 15 is 0 Å². The zero-order chi connectivity index (χ0) is 14.8. The van der Waals surface area contributed by atoms with Gasteiger partial charge in [-0.25, -0.2) is 4.39 Å². The molecule has 1 heterocycles. The van der Waals surface area contributed by atoms with E-state index < -0.39 is 0 Å². The number of nitrogens with one attached hydrogen (secondary N) is 1. The molecule has 5 heteroatoms. The van der Waals surface area contributed by atoms with Gasteiger partial charge in [0.1, 0.15) is 11.6 Å². The molecule has 3 rings (SSSR count). The molecular formula is C16H16ClFN2O. The lowest BCUT2D eigenvalue weighted by atomic mass is 9.86. The fourth-order valence-electron chi connectivity index (χ4n) is 2.80. The maximum Gasteiger partial charge on any atom is 0.129 e. The van der Waals surface area contributed by atoms with Crippen LogP contribution in [-0.4, -0.2) is 6.61 Å². The predicted octanol–water partition coefficient (Wildman–Crippen LogP) is 3.23. The Labute approximate surface area is 127 Å². The Morgan fingerprint density at radius 1 is 1.29 bits per heavy atom. The first-order valence-electron chi connectivity index (χ1n) is 6.81. The van der Waals surface area contributed by atoms with Crippen LogP contribution in [0.3, 0.4) is 0 Å². The molecule has 0 radical (unpaired) electrons. The van der Waals surface area contributed by atoms with Crippen LogP contribution >= 0.6 is 11.6 Å². The molecule has 3 N–H and O–H groups in total. The third kappa shape index (κ3) is 2.88. The van der Waals surface area contributed by atoms with Crippen molar-refractivity contribution < 1.29 is 9.13 Å². The van der Waals surface area contributed by atoms with Gasteiger partial charge in [-0.1, -0.05) is 35.9 Å². The summed E-state index contributed by atoms with van der Waals surface area (Å²) in [5.41, 5.74) is 4.34. The van der Waals surface area contributed by atoms with E-state index in [1.165, 1.54) is 6.07 Å². The van der Waals surface area contributed by atoms with Crippen molar-refractivity contribution >= 4 is 11.6 Å². The number of benzene rings is 2. The normalized spacial score (nSPS) is 18.7. The Morgan fingerprint density at radius 2 is 2.10 bits per heavy atom. The third-order valence-electron chi connectivity index (χ3n) is 3.86. The van der Waals surface area contributed by atoms with Crippen molar-refractivity contribution in [3.63, 3.8) is 0 Å². The first-order chi connectivity index (χ1) is 10.2. The summed E-state index contributed by atoms with van der Waals surface area (Å²) >= 11 is 5.80. The molecule has 2 aromatic rings. The molecule has 0 spiro atoms. The van der Waals surface area contributed by atoms with Crippen molar-refractivity contribution in [2.24, 2.45) is 11.8 Å². The van der Waals surface area contributed by atoms with Crippen molar-refractivity contribution in [3.8, 4) is 5.75 Å². The summed E-state index contributed by atoms with van der Waals surface area (Å²) in [4.78, 5) is 0. The van der Waals surface area contributed by atoms with E-state index in [2.05, 4.69) is 5.43 Å². The van der Waals surface area contributed by atoms with Gasteiger partial charge < -0.3 is 4.74 Å². The van der Waals surface area contributed by atoms with Gasteiger partial charge in [-0.2, -0.15) is 0 Å². The van der Waals surface area contributed by atoms with Crippen molar-refractivity contribution in [2.75, 3.05) is 6.61 Å². The summed E-state index contributed by atoms with van der Waals surface area (Å²) in [7, 11) is 0. The number of rotatable bonds is 3. The maximum atomic E-state index is 14.1. The fraction of sp³-hybridized carbons (Fsp3) is 0.250. The lowest BCUT2D eigenvalue weighted by molar-refractivity contribution is 0.183. The van der Waals surface area contributed by atoms with E-state index in [9.17, 15) is 4.39 Å². The Bertz CT molecular complexity index is 650. The predicted molar refractivity (Wildman–Crippen MR) is 80.6 cm³/mol. The van der Waals surface area contributed by atoms with Crippen molar-refractivity contribution in [1.29, 1.82) is 0 Å². The number of para-hydroxylation sites is 1. The monoisotopic (exact) mass is 306 g/mol. The highest BCUT2D eigenvalue weighted by atomic mass is 35.5. The van der Waals surface area contributed by atoms with Crippen LogP contribution in [0.4, 0.5) is 4.39 Å². The Hall–Kier alpha value is -1.62. The highest BCUT2D eigenvalue weighted by molar-refractivity contribution is 6.30. The van der Waals surface area contributed by atoms with Gasteiger partial charge in [-0.3, -0.25) is 11.3 Å². The van der Waals surface area contributed by atoms with E-state index in [1.807, 2.05) is 24.3 Å². The standard InChI is InChI=1S/C16H16ClFN2O/c17-12-5-6-13(14(18)8-12)16(20-19)11-7-10-3-1-2-4-15(10)21-9-11/h1-6,8,11,16,20H,7,9,19H2. The second-order valence-electron chi connectivity index (χ2n) is 5.19.